The van der Waals surface area contributed by atoms with Crippen molar-refractivity contribution >= 4 is 17.1 Å². The Balaban J connectivity index is 1.70. The Kier molecular flexibility index (Phi) is 6.59. The van der Waals surface area contributed by atoms with Crippen LogP contribution in [0.1, 0.15) is 60.0 Å². The molecule has 0 aliphatic carbocycles. The van der Waals surface area contributed by atoms with Gasteiger partial charge in [-0.15, -0.1) is 0 Å². The number of benzene rings is 2. The maximum Gasteiger partial charge on any atom is 0.307 e. The Bertz CT molecular complexity index is 1260. The molecule has 2 heterocycles. The van der Waals surface area contributed by atoms with Crippen LogP contribution in [0.3, 0.4) is 0 Å². The summed E-state index contributed by atoms with van der Waals surface area (Å²) < 4.78 is 2.20. The SMILES string of the molecule is CCc1nc2c(C)cc(C)nc2n1Cc1ccc([C@H](c2ccccc2)[C@H](CC)C(=O)O)cc1. The Hall–Kier alpha value is -3.47. The molecule has 0 spiro atoms. The van der Waals surface area contributed by atoms with Gasteiger partial charge in [-0.05, 0) is 48.6 Å². The lowest BCUT2D eigenvalue weighted by atomic mass is 9.79. The molecule has 0 aliphatic heterocycles. The minimum absolute atomic E-state index is 0.185. The monoisotopic (exact) mass is 441 g/mol. The van der Waals surface area contributed by atoms with Gasteiger partial charge in [0.2, 0.25) is 0 Å². The topological polar surface area (TPSA) is 68.0 Å². The number of carbonyl (C=O) groups is 1. The van der Waals surface area contributed by atoms with Gasteiger partial charge in [-0.3, -0.25) is 4.79 Å². The molecule has 4 aromatic rings. The molecule has 33 heavy (non-hydrogen) atoms. The molecule has 4 rings (SSSR count). The van der Waals surface area contributed by atoms with Crippen LogP contribution in [0.15, 0.2) is 60.7 Å². The predicted octanol–water partition coefficient (Wildman–Crippen LogP) is 5.90. The number of fused-ring (bicyclic) bond motifs is 1. The number of carboxylic acids is 1. The zero-order valence-electron chi connectivity index (χ0n) is 19.7. The molecule has 0 aliphatic rings. The number of pyridine rings is 1. The molecular weight excluding hydrogens is 410 g/mol. The van der Waals surface area contributed by atoms with Gasteiger partial charge < -0.3 is 9.67 Å². The van der Waals surface area contributed by atoms with Gasteiger partial charge in [-0.2, -0.15) is 0 Å². The molecule has 5 heteroatoms. The van der Waals surface area contributed by atoms with E-state index >= 15 is 0 Å². The van der Waals surface area contributed by atoms with Crippen molar-refractivity contribution in [3.63, 3.8) is 0 Å². The van der Waals surface area contributed by atoms with Crippen LogP contribution in [0.4, 0.5) is 0 Å². The second-order valence-corrected chi connectivity index (χ2v) is 8.70. The number of nitrogens with zero attached hydrogens (tertiary/aromatic N) is 3. The summed E-state index contributed by atoms with van der Waals surface area (Å²) in [5.74, 6) is -0.397. The predicted molar refractivity (Wildman–Crippen MR) is 132 cm³/mol. The van der Waals surface area contributed by atoms with Crippen molar-refractivity contribution in [3.05, 3.63) is 94.4 Å². The minimum atomic E-state index is -0.760. The van der Waals surface area contributed by atoms with Crippen LogP contribution in [0.5, 0.6) is 0 Å². The van der Waals surface area contributed by atoms with Crippen LogP contribution in [0.2, 0.25) is 0 Å². The molecule has 0 saturated carbocycles. The van der Waals surface area contributed by atoms with Crippen LogP contribution >= 0.6 is 0 Å². The van der Waals surface area contributed by atoms with E-state index in [1.807, 2.05) is 44.2 Å². The maximum absolute atomic E-state index is 12.0. The van der Waals surface area contributed by atoms with Gasteiger partial charge in [-0.25, -0.2) is 9.97 Å². The quantitative estimate of drug-likeness (QED) is 0.369. The average molecular weight is 442 g/mol. The summed E-state index contributed by atoms with van der Waals surface area (Å²) in [7, 11) is 0. The third-order valence-electron chi connectivity index (χ3n) is 6.41. The molecule has 2 atom stereocenters. The molecule has 0 fully saturated rings. The van der Waals surface area contributed by atoms with E-state index in [0.29, 0.717) is 13.0 Å². The van der Waals surface area contributed by atoms with Gasteiger partial charge in [0.05, 0.1) is 12.5 Å². The van der Waals surface area contributed by atoms with Crippen molar-refractivity contribution in [2.24, 2.45) is 5.92 Å². The molecule has 0 saturated heterocycles. The molecule has 2 aromatic carbocycles. The molecular formula is C28H31N3O2. The van der Waals surface area contributed by atoms with E-state index < -0.39 is 11.9 Å². The smallest absolute Gasteiger partial charge is 0.307 e. The van der Waals surface area contributed by atoms with Crippen molar-refractivity contribution in [3.8, 4) is 0 Å². The van der Waals surface area contributed by atoms with E-state index in [1.54, 1.807) is 0 Å². The van der Waals surface area contributed by atoms with Gasteiger partial charge in [0.1, 0.15) is 11.3 Å². The first-order valence-electron chi connectivity index (χ1n) is 11.6. The molecule has 5 nitrogen and oxygen atoms in total. The van der Waals surface area contributed by atoms with E-state index in [1.165, 1.54) is 0 Å². The number of carboxylic acid groups (broad SMARTS) is 1. The normalized spacial score (nSPS) is 13.2. The largest absolute Gasteiger partial charge is 0.481 e. The Morgan fingerprint density at radius 1 is 0.970 bits per heavy atom. The van der Waals surface area contributed by atoms with Crippen molar-refractivity contribution in [2.45, 2.75) is 53.0 Å². The number of aromatic nitrogens is 3. The Labute approximate surface area is 195 Å². The molecule has 170 valence electrons. The average Bonchev–Trinajstić information content (AvgIpc) is 3.16. The molecule has 2 aromatic heterocycles. The van der Waals surface area contributed by atoms with E-state index in [-0.39, 0.29) is 5.92 Å². The highest BCUT2D eigenvalue weighted by Crippen LogP contribution is 2.34. The number of aliphatic carboxylic acids is 1. The van der Waals surface area contributed by atoms with Crippen LogP contribution in [-0.2, 0) is 17.8 Å². The van der Waals surface area contributed by atoms with E-state index in [2.05, 4.69) is 48.7 Å². The number of imidazole rings is 1. The molecule has 1 N–H and O–H groups in total. The number of rotatable bonds is 8. The highest BCUT2D eigenvalue weighted by molar-refractivity contribution is 5.76. The van der Waals surface area contributed by atoms with Crippen molar-refractivity contribution in [1.82, 2.24) is 14.5 Å². The van der Waals surface area contributed by atoms with Crippen molar-refractivity contribution in [1.29, 1.82) is 0 Å². The van der Waals surface area contributed by atoms with Crippen LogP contribution in [0.25, 0.3) is 11.2 Å². The van der Waals surface area contributed by atoms with Gasteiger partial charge in [0.15, 0.2) is 5.65 Å². The van der Waals surface area contributed by atoms with Crippen molar-refractivity contribution < 1.29 is 9.90 Å². The van der Waals surface area contributed by atoms with Gasteiger partial charge in [0.25, 0.3) is 0 Å². The lowest BCUT2D eigenvalue weighted by Crippen LogP contribution is -2.22. The van der Waals surface area contributed by atoms with Gasteiger partial charge in [0, 0.05) is 18.0 Å². The minimum Gasteiger partial charge on any atom is -0.481 e. The summed E-state index contributed by atoms with van der Waals surface area (Å²) in [5, 5.41) is 9.88. The van der Waals surface area contributed by atoms with Gasteiger partial charge in [-0.1, -0.05) is 68.4 Å². The van der Waals surface area contributed by atoms with E-state index in [9.17, 15) is 9.90 Å². The first kappa shape index (κ1) is 22.7. The number of aryl methyl sites for hydroxylation is 3. The lowest BCUT2D eigenvalue weighted by molar-refractivity contribution is -0.142. The third-order valence-corrected chi connectivity index (χ3v) is 6.41. The Morgan fingerprint density at radius 2 is 1.64 bits per heavy atom. The third kappa shape index (κ3) is 4.54. The van der Waals surface area contributed by atoms with Crippen molar-refractivity contribution in [2.75, 3.05) is 0 Å². The fourth-order valence-corrected chi connectivity index (χ4v) is 4.77. The van der Waals surface area contributed by atoms with Crippen LogP contribution in [0, 0.1) is 19.8 Å². The van der Waals surface area contributed by atoms with Gasteiger partial charge >= 0.3 is 5.97 Å². The fraction of sp³-hybridized carbons (Fsp3) is 0.321. The second-order valence-electron chi connectivity index (χ2n) is 8.70. The fourth-order valence-electron chi connectivity index (χ4n) is 4.77. The number of hydrogen-bond acceptors (Lipinski definition) is 3. The summed E-state index contributed by atoms with van der Waals surface area (Å²) in [6, 6.07) is 20.4. The zero-order valence-corrected chi connectivity index (χ0v) is 19.7. The number of hydrogen-bond donors (Lipinski definition) is 1. The first-order valence-corrected chi connectivity index (χ1v) is 11.6. The standard InChI is InChI=1S/C28H31N3O2/c1-5-23(28(32)33)25(21-10-8-7-9-11-21)22-14-12-20(13-15-22)17-31-24(6-2)30-26-18(3)16-19(4)29-27(26)31/h7-16,23,25H,5-6,17H2,1-4H3,(H,32,33)/t23-,25-/m0/s1. The highest BCUT2D eigenvalue weighted by Gasteiger charge is 2.29. The summed E-state index contributed by atoms with van der Waals surface area (Å²) >= 11 is 0. The summed E-state index contributed by atoms with van der Waals surface area (Å²) in [6.45, 7) is 8.84. The maximum atomic E-state index is 12.0. The summed E-state index contributed by atoms with van der Waals surface area (Å²) in [4.78, 5) is 21.6. The van der Waals surface area contributed by atoms with Crippen LogP contribution < -0.4 is 0 Å². The molecule has 0 amide bonds. The molecule has 0 unspecified atom stereocenters. The zero-order chi connectivity index (χ0) is 23.5. The second kappa shape index (κ2) is 9.57. The Morgan fingerprint density at radius 3 is 2.24 bits per heavy atom. The lowest BCUT2D eigenvalue weighted by Gasteiger charge is -2.24. The van der Waals surface area contributed by atoms with E-state index in [4.69, 9.17) is 9.97 Å². The van der Waals surface area contributed by atoms with E-state index in [0.717, 1.165) is 51.4 Å². The first-order chi connectivity index (χ1) is 15.9. The summed E-state index contributed by atoms with van der Waals surface area (Å²) in [6.07, 6.45) is 1.40. The van der Waals surface area contributed by atoms with Crippen LogP contribution in [-0.4, -0.2) is 25.6 Å². The highest BCUT2D eigenvalue weighted by atomic mass is 16.4. The molecule has 0 bridgehead atoms. The molecule has 0 radical (unpaired) electrons. The summed E-state index contributed by atoms with van der Waals surface area (Å²) in [5.41, 5.74) is 7.22.